The molecule has 0 saturated carbocycles. The van der Waals surface area contributed by atoms with Gasteiger partial charge >= 0.3 is 0 Å². The minimum Gasteiger partial charge on any atom is -0.350 e. The van der Waals surface area contributed by atoms with Gasteiger partial charge in [0.2, 0.25) is 0 Å². The van der Waals surface area contributed by atoms with Crippen molar-refractivity contribution in [3.05, 3.63) is 35.4 Å². The zero-order chi connectivity index (χ0) is 12.8. The number of halogens is 3. The summed E-state index contributed by atoms with van der Waals surface area (Å²) in [7, 11) is 0. The van der Waals surface area contributed by atoms with E-state index in [0.29, 0.717) is 6.54 Å². The molecule has 1 aromatic rings. The molecule has 0 saturated heterocycles. The zero-order valence-electron chi connectivity index (χ0n) is 10.3. The molecule has 0 aliphatic heterocycles. The van der Waals surface area contributed by atoms with Crippen molar-refractivity contribution >= 4 is 18.3 Å². The van der Waals surface area contributed by atoms with Gasteiger partial charge in [-0.2, -0.15) is 0 Å². The average Bonchev–Trinajstić information content (AvgIpc) is 2.30. The first-order valence-electron chi connectivity index (χ1n) is 5.51. The van der Waals surface area contributed by atoms with E-state index in [9.17, 15) is 13.6 Å². The Labute approximate surface area is 111 Å². The van der Waals surface area contributed by atoms with Gasteiger partial charge in [0.15, 0.2) is 11.6 Å². The van der Waals surface area contributed by atoms with E-state index in [2.05, 4.69) is 10.6 Å². The number of nitrogens with one attached hydrogen (secondary N) is 2. The lowest BCUT2D eigenvalue weighted by atomic mass is 10.2. The van der Waals surface area contributed by atoms with Crippen LogP contribution in [-0.2, 0) is 0 Å². The molecule has 0 aliphatic rings. The summed E-state index contributed by atoms with van der Waals surface area (Å²) >= 11 is 0. The van der Waals surface area contributed by atoms with Crippen LogP contribution in [0.15, 0.2) is 18.2 Å². The van der Waals surface area contributed by atoms with E-state index in [0.717, 1.165) is 12.6 Å². The minimum absolute atomic E-state index is 0. The molecule has 1 aromatic carbocycles. The van der Waals surface area contributed by atoms with Crippen LogP contribution in [0.3, 0.4) is 0 Å². The van der Waals surface area contributed by atoms with Gasteiger partial charge in [-0.1, -0.05) is 13.0 Å². The van der Waals surface area contributed by atoms with Crippen LogP contribution in [-0.4, -0.2) is 25.0 Å². The molecular weight excluding hydrogens is 262 g/mol. The van der Waals surface area contributed by atoms with Gasteiger partial charge in [0.1, 0.15) is 0 Å². The standard InChI is InChI=1S/C12H16F2N2O.ClH/c1-3-15-8(2)7-16-12(17)9-5-4-6-10(13)11(9)14;/h4-6,8,15H,3,7H2,1-2H3,(H,16,17);1H/t8-;/m1./s1. The van der Waals surface area contributed by atoms with Gasteiger partial charge in [0.05, 0.1) is 5.56 Å². The summed E-state index contributed by atoms with van der Waals surface area (Å²) in [5, 5.41) is 5.64. The highest BCUT2D eigenvalue weighted by Crippen LogP contribution is 2.10. The summed E-state index contributed by atoms with van der Waals surface area (Å²) in [6.45, 7) is 4.99. The highest BCUT2D eigenvalue weighted by atomic mass is 35.5. The van der Waals surface area contributed by atoms with Crippen molar-refractivity contribution in [3.8, 4) is 0 Å². The molecule has 0 spiro atoms. The Kier molecular flexibility index (Phi) is 7.47. The van der Waals surface area contributed by atoms with Gasteiger partial charge in [-0.15, -0.1) is 12.4 Å². The van der Waals surface area contributed by atoms with E-state index in [1.165, 1.54) is 12.1 Å². The van der Waals surface area contributed by atoms with Crippen molar-refractivity contribution in [1.29, 1.82) is 0 Å². The summed E-state index contributed by atoms with van der Waals surface area (Å²) in [4.78, 5) is 11.6. The van der Waals surface area contributed by atoms with Crippen LogP contribution in [0.2, 0.25) is 0 Å². The minimum atomic E-state index is -1.11. The predicted octanol–water partition coefficient (Wildman–Crippen LogP) is 2.11. The topological polar surface area (TPSA) is 41.1 Å². The predicted molar refractivity (Wildman–Crippen MR) is 69.1 cm³/mol. The van der Waals surface area contributed by atoms with Crippen molar-refractivity contribution in [2.75, 3.05) is 13.1 Å². The molecule has 102 valence electrons. The average molecular weight is 279 g/mol. The lowest BCUT2D eigenvalue weighted by Gasteiger charge is -2.13. The van der Waals surface area contributed by atoms with Crippen molar-refractivity contribution < 1.29 is 13.6 Å². The maximum atomic E-state index is 13.3. The molecule has 1 rings (SSSR count). The molecule has 0 aliphatic carbocycles. The second-order valence-corrected chi connectivity index (χ2v) is 3.77. The number of amides is 1. The van der Waals surface area contributed by atoms with Gasteiger partial charge in [-0.25, -0.2) is 8.78 Å². The number of carbonyl (C=O) groups is 1. The first-order chi connectivity index (χ1) is 8.06. The number of likely N-dealkylation sites (N-methyl/N-ethyl adjacent to an activating group) is 1. The SMILES string of the molecule is CCN[C@H](C)CNC(=O)c1cccc(F)c1F.Cl. The van der Waals surface area contributed by atoms with E-state index >= 15 is 0 Å². The molecule has 1 amide bonds. The van der Waals surface area contributed by atoms with Crippen LogP contribution in [0.25, 0.3) is 0 Å². The Hall–Kier alpha value is -1.20. The molecule has 3 nitrogen and oxygen atoms in total. The maximum Gasteiger partial charge on any atom is 0.254 e. The van der Waals surface area contributed by atoms with Crippen molar-refractivity contribution in [1.82, 2.24) is 10.6 Å². The van der Waals surface area contributed by atoms with Crippen LogP contribution in [0, 0.1) is 11.6 Å². The van der Waals surface area contributed by atoms with Crippen molar-refractivity contribution in [3.63, 3.8) is 0 Å². The molecule has 18 heavy (non-hydrogen) atoms. The highest BCUT2D eigenvalue weighted by molar-refractivity contribution is 5.94. The first-order valence-corrected chi connectivity index (χ1v) is 5.51. The fourth-order valence-corrected chi connectivity index (χ4v) is 1.44. The van der Waals surface area contributed by atoms with Crippen LogP contribution in [0.4, 0.5) is 8.78 Å². The molecule has 6 heteroatoms. The smallest absolute Gasteiger partial charge is 0.254 e. The lowest BCUT2D eigenvalue weighted by molar-refractivity contribution is 0.0945. The highest BCUT2D eigenvalue weighted by Gasteiger charge is 2.15. The quantitative estimate of drug-likeness (QED) is 0.866. The van der Waals surface area contributed by atoms with Gasteiger partial charge in [-0.05, 0) is 25.6 Å². The van der Waals surface area contributed by atoms with E-state index in [-0.39, 0.29) is 24.0 Å². The summed E-state index contributed by atoms with van der Waals surface area (Å²) < 4.78 is 26.2. The van der Waals surface area contributed by atoms with Crippen molar-refractivity contribution in [2.24, 2.45) is 0 Å². The Morgan fingerprint density at radius 3 is 2.67 bits per heavy atom. The van der Waals surface area contributed by atoms with Crippen LogP contribution < -0.4 is 10.6 Å². The molecular formula is C12H17ClF2N2O. The summed E-state index contributed by atoms with van der Waals surface area (Å²) in [5.74, 6) is -2.73. The monoisotopic (exact) mass is 278 g/mol. The lowest BCUT2D eigenvalue weighted by Crippen LogP contribution is -2.39. The number of hydrogen-bond donors (Lipinski definition) is 2. The van der Waals surface area contributed by atoms with E-state index < -0.39 is 17.5 Å². The normalized spacial score (nSPS) is 11.6. The summed E-state index contributed by atoms with van der Waals surface area (Å²) in [6, 6.07) is 3.63. The third-order valence-corrected chi connectivity index (χ3v) is 2.32. The fraction of sp³-hybridized carbons (Fsp3) is 0.417. The number of rotatable bonds is 5. The number of benzene rings is 1. The van der Waals surface area contributed by atoms with Gasteiger partial charge in [-0.3, -0.25) is 4.79 Å². The summed E-state index contributed by atoms with van der Waals surface area (Å²) in [5.41, 5.74) is -0.270. The second-order valence-electron chi connectivity index (χ2n) is 3.77. The molecule has 0 unspecified atom stereocenters. The molecule has 0 heterocycles. The van der Waals surface area contributed by atoms with Crippen LogP contribution in [0.5, 0.6) is 0 Å². The largest absolute Gasteiger partial charge is 0.350 e. The van der Waals surface area contributed by atoms with Gasteiger partial charge in [0, 0.05) is 12.6 Å². The Morgan fingerprint density at radius 2 is 2.06 bits per heavy atom. The third-order valence-electron chi connectivity index (χ3n) is 2.32. The Balaban J connectivity index is 0.00000289. The molecule has 2 N–H and O–H groups in total. The van der Waals surface area contributed by atoms with Crippen LogP contribution >= 0.6 is 12.4 Å². The first kappa shape index (κ1) is 16.8. The Morgan fingerprint density at radius 1 is 1.39 bits per heavy atom. The third kappa shape index (κ3) is 4.58. The summed E-state index contributed by atoms with van der Waals surface area (Å²) in [6.07, 6.45) is 0. The van der Waals surface area contributed by atoms with E-state index in [1.807, 2.05) is 13.8 Å². The number of carbonyl (C=O) groups excluding carboxylic acids is 1. The van der Waals surface area contributed by atoms with Crippen molar-refractivity contribution in [2.45, 2.75) is 19.9 Å². The molecule has 0 aromatic heterocycles. The molecule has 0 radical (unpaired) electrons. The molecule has 0 fully saturated rings. The van der Waals surface area contributed by atoms with Gasteiger partial charge in [0.25, 0.3) is 5.91 Å². The molecule has 1 atom stereocenters. The van der Waals surface area contributed by atoms with Crippen LogP contribution in [0.1, 0.15) is 24.2 Å². The zero-order valence-corrected chi connectivity index (χ0v) is 11.1. The maximum absolute atomic E-state index is 13.3. The number of hydrogen-bond acceptors (Lipinski definition) is 2. The van der Waals surface area contributed by atoms with E-state index in [1.54, 1.807) is 0 Å². The van der Waals surface area contributed by atoms with Gasteiger partial charge < -0.3 is 10.6 Å². The van der Waals surface area contributed by atoms with E-state index in [4.69, 9.17) is 0 Å². The second kappa shape index (κ2) is 8.00. The Bertz CT molecular complexity index is 402. The fourth-order valence-electron chi connectivity index (χ4n) is 1.44. The molecule has 0 bridgehead atoms.